The number of rotatable bonds is 7. The summed E-state index contributed by atoms with van der Waals surface area (Å²) in [4.78, 5) is 20.7. The molecule has 0 saturated carbocycles. The Morgan fingerprint density at radius 1 is 1.31 bits per heavy atom. The summed E-state index contributed by atoms with van der Waals surface area (Å²) in [5.74, 6) is -1.52. The number of aromatic nitrogens is 1. The molecule has 0 fully saturated rings. The number of ether oxygens (including phenoxy) is 1. The maximum Gasteiger partial charge on any atom is 0.418 e. The number of hydrogen-bond donors (Lipinski definition) is 2. The Labute approximate surface area is 161 Å². The lowest BCUT2D eigenvalue weighted by Gasteiger charge is -2.15. The van der Waals surface area contributed by atoms with E-state index in [0.717, 1.165) is 12.1 Å². The number of carbonyl (C=O) groups excluding carboxylic acids is 1. The fourth-order valence-corrected chi connectivity index (χ4v) is 2.45. The second kappa shape index (κ2) is 8.88. The molecule has 0 aliphatic heterocycles. The molecule has 0 spiro atoms. The van der Waals surface area contributed by atoms with Crippen LogP contribution in [0.15, 0.2) is 23.4 Å². The summed E-state index contributed by atoms with van der Waals surface area (Å²) < 4.78 is 69.2. The third-order valence-electron chi connectivity index (χ3n) is 3.76. The molecule has 0 saturated heterocycles. The van der Waals surface area contributed by atoms with Crippen LogP contribution in [0.5, 0.6) is 5.75 Å². The predicted molar refractivity (Wildman–Crippen MR) is 94.9 cm³/mol. The molecule has 1 amide bonds. The Hall–Kier alpha value is -3.18. The smallest absolute Gasteiger partial charge is 0.418 e. The second-order valence-electron chi connectivity index (χ2n) is 5.72. The molecule has 3 N–H and O–H groups in total. The van der Waals surface area contributed by atoms with Crippen molar-refractivity contribution < 1.29 is 36.3 Å². The van der Waals surface area contributed by atoms with Gasteiger partial charge in [0.15, 0.2) is 0 Å². The first-order valence-corrected chi connectivity index (χ1v) is 8.20. The van der Waals surface area contributed by atoms with E-state index >= 15 is 0 Å². The van der Waals surface area contributed by atoms with E-state index in [9.17, 15) is 26.7 Å². The van der Waals surface area contributed by atoms with Gasteiger partial charge in [-0.15, -0.1) is 0 Å². The first-order chi connectivity index (χ1) is 13.6. The van der Waals surface area contributed by atoms with Gasteiger partial charge in [-0.05, 0) is 24.6 Å². The molecule has 0 radical (unpaired) electrons. The van der Waals surface area contributed by atoms with Crippen LogP contribution in [0.1, 0.15) is 29.4 Å². The molecule has 29 heavy (non-hydrogen) atoms. The highest BCUT2D eigenvalue weighted by Gasteiger charge is 2.35. The average Bonchev–Trinajstić information content (AvgIpc) is 2.63. The zero-order valence-electron chi connectivity index (χ0n) is 15.3. The number of nitrogen functional groups attached to an aromatic ring is 1. The quantitative estimate of drug-likeness (QED) is 0.405. The first kappa shape index (κ1) is 22.1. The summed E-state index contributed by atoms with van der Waals surface area (Å²) in [5, 5.41) is 5.86. The number of amides is 1. The van der Waals surface area contributed by atoms with E-state index < -0.39 is 35.5 Å². The molecule has 12 heteroatoms. The second-order valence-corrected chi connectivity index (χ2v) is 5.72. The summed E-state index contributed by atoms with van der Waals surface area (Å²) in [7, 11) is 1.33. The molecule has 0 bridgehead atoms. The summed E-state index contributed by atoms with van der Waals surface area (Å²) in [6, 6.07) is 2.33. The van der Waals surface area contributed by atoms with Crippen molar-refractivity contribution in [3.05, 3.63) is 29.5 Å². The van der Waals surface area contributed by atoms with Gasteiger partial charge in [0.05, 0.1) is 23.3 Å². The Morgan fingerprint density at radius 2 is 2.00 bits per heavy atom. The van der Waals surface area contributed by atoms with Gasteiger partial charge in [-0.2, -0.15) is 22.0 Å². The maximum atomic E-state index is 13.4. The highest BCUT2D eigenvalue weighted by molar-refractivity contribution is 6.02. The number of nitrogens with two attached hydrogens (primary N) is 1. The van der Waals surface area contributed by atoms with Crippen LogP contribution in [-0.2, 0) is 11.0 Å². The first-order valence-electron chi connectivity index (χ1n) is 8.20. The lowest BCUT2D eigenvalue weighted by Crippen LogP contribution is -2.30. The molecule has 1 aromatic carbocycles. The van der Waals surface area contributed by atoms with Gasteiger partial charge in [-0.3, -0.25) is 4.79 Å². The number of hydrogen-bond acceptors (Lipinski definition) is 6. The maximum absolute atomic E-state index is 13.4. The van der Waals surface area contributed by atoms with Crippen LogP contribution in [0.25, 0.3) is 10.9 Å². The third-order valence-corrected chi connectivity index (χ3v) is 3.76. The van der Waals surface area contributed by atoms with Crippen molar-refractivity contribution >= 4 is 28.2 Å². The highest BCUT2D eigenvalue weighted by atomic mass is 19.4. The number of carbonyl (C=O) groups is 1. The predicted octanol–water partition coefficient (Wildman–Crippen LogP) is 3.58. The largest absolute Gasteiger partial charge is 0.435 e. The van der Waals surface area contributed by atoms with Crippen LogP contribution in [0.4, 0.5) is 27.6 Å². The molecule has 0 aliphatic rings. The number of anilines is 1. The summed E-state index contributed by atoms with van der Waals surface area (Å²) >= 11 is 0. The van der Waals surface area contributed by atoms with Gasteiger partial charge in [0.1, 0.15) is 18.6 Å². The van der Waals surface area contributed by atoms with Gasteiger partial charge in [-0.1, -0.05) is 12.1 Å². The van der Waals surface area contributed by atoms with E-state index in [0.29, 0.717) is 18.2 Å². The normalized spacial score (nSPS) is 12.3. The molecule has 158 valence electrons. The number of nitrogens with zero attached hydrogens (tertiary/aromatic N) is 2. The fraction of sp³-hybridized carbons (Fsp3) is 0.353. The topological polar surface area (TPSA) is 98.8 Å². The Bertz CT molecular complexity index is 931. The number of oxime groups is 1. The van der Waals surface area contributed by atoms with Crippen LogP contribution in [0.3, 0.4) is 0 Å². The van der Waals surface area contributed by atoms with Gasteiger partial charge in [0.25, 0.3) is 5.91 Å². The summed E-state index contributed by atoms with van der Waals surface area (Å²) in [6.07, 6.45) is -4.48. The molecule has 1 heterocycles. The van der Waals surface area contributed by atoms with E-state index in [-0.39, 0.29) is 23.3 Å². The molecular weight excluding hydrogens is 403 g/mol. The van der Waals surface area contributed by atoms with E-state index in [2.05, 4.69) is 25.0 Å². The van der Waals surface area contributed by atoms with E-state index in [1.807, 2.05) is 0 Å². The van der Waals surface area contributed by atoms with E-state index in [1.165, 1.54) is 7.11 Å². The molecule has 2 aromatic rings. The van der Waals surface area contributed by atoms with Crippen molar-refractivity contribution in [1.82, 2.24) is 10.3 Å². The lowest BCUT2D eigenvalue weighted by molar-refractivity contribution is -0.136. The monoisotopic (exact) mass is 420 g/mol. The van der Waals surface area contributed by atoms with Crippen molar-refractivity contribution in [2.24, 2.45) is 5.16 Å². The van der Waals surface area contributed by atoms with Crippen molar-refractivity contribution in [3.63, 3.8) is 0 Å². The number of pyridine rings is 1. The summed E-state index contributed by atoms with van der Waals surface area (Å²) in [6.45, 7) is -1.57. The van der Waals surface area contributed by atoms with Gasteiger partial charge in [-0.25, -0.2) is 4.98 Å². The van der Waals surface area contributed by atoms with Crippen molar-refractivity contribution in [3.8, 4) is 5.75 Å². The molecule has 0 atom stereocenters. The number of alkyl halides is 5. The summed E-state index contributed by atoms with van der Waals surface area (Å²) in [5.41, 5.74) is 3.59. The molecular formula is C17H17F5N4O3. The van der Waals surface area contributed by atoms with Crippen molar-refractivity contribution in [1.29, 1.82) is 0 Å². The van der Waals surface area contributed by atoms with Crippen LogP contribution in [0, 0.1) is 0 Å². The van der Waals surface area contributed by atoms with Gasteiger partial charge in [0, 0.05) is 11.1 Å². The Morgan fingerprint density at radius 3 is 2.55 bits per heavy atom. The SMILES string of the molecule is CCC(CNC(=O)c1cc(N)c2cc(OC(F)F)cc(C(F)(F)F)c2n1)=NOC. The number of nitrogens with one attached hydrogen (secondary N) is 1. The molecule has 7 nitrogen and oxygen atoms in total. The fourth-order valence-electron chi connectivity index (χ4n) is 2.45. The van der Waals surface area contributed by atoms with Gasteiger partial charge in [0.2, 0.25) is 0 Å². The standard InChI is InChI=1S/C17H17F5N4O3/c1-3-8(26-28-2)7-24-15(27)13-6-12(23)10-4-9(29-16(18)19)5-11(14(10)25-13)17(20,21)22/h4-6,16H,3,7H2,1-2H3,(H2,23,25)(H,24,27). The molecule has 1 aromatic heterocycles. The van der Waals surface area contributed by atoms with Crippen LogP contribution in [-0.4, -0.2) is 36.9 Å². The minimum absolute atomic E-state index is 0.0178. The lowest BCUT2D eigenvalue weighted by atomic mass is 10.1. The average molecular weight is 420 g/mol. The van der Waals surface area contributed by atoms with E-state index in [1.54, 1.807) is 6.92 Å². The Balaban J connectivity index is 2.50. The zero-order valence-corrected chi connectivity index (χ0v) is 15.3. The molecule has 2 rings (SSSR count). The zero-order chi connectivity index (χ0) is 21.8. The van der Waals surface area contributed by atoms with Crippen molar-refractivity contribution in [2.75, 3.05) is 19.4 Å². The van der Waals surface area contributed by atoms with Gasteiger partial charge >= 0.3 is 12.8 Å². The number of benzene rings is 1. The number of halogens is 5. The Kier molecular flexibility index (Phi) is 6.77. The highest BCUT2D eigenvalue weighted by Crippen LogP contribution is 2.39. The van der Waals surface area contributed by atoms with E-state index in [4.69, 9.17) is 5.73 Å². The molecule has 0 aliphatic carbocycles. The van der Waals surface area contributed by atoms with Crippen LogP contribution >= 0.6 is 0 Å². The minimum atomic E-state index is -4.95. The minimum Gasteiger partial charge on any atom is -0.435 e. The van der Waals surface area contributed by atoms with Crippen molar-refractivity contribution in [2.45, 2.75) is 26.1 Å². The number of fused-ring (bicyclic) bond motifs is 1. The van der Waals surface area contributed by atoms with Crippen LogP contribution in [0.2, 0.25) is 0 Å². The third kappa shape index (κ3) is 5.42. The van der Waals surface area contributed by atoms with Gasteiger partial charge < -0.3 is 20.6 Å². The molecule has 0 unspecified atom stereocenters. The van der Waals surface area contributed by atoms with Crippen LogP contribution < -0.4 is 15.8 Å².